The molecule has 0 aromatic heterocycles. The monoisotopic (exact) mass is 476 g/mol. The average molecular weight is 477 g/mol. The summed E-state index contributed by atoms with van der Waals surface area (Å²) in [5, 5.41) is 0. The van der Waals surface area contributed by atoms with E-state index in [1.807, 2.05) is 0 Å². The molecule has 0 radical (unpaired) electrons. The lowest BCUT2D eigenvalue weighted by atomic mass is 9.79. The highest BCUT2D eigenvalue weighted by Crippen LogP contribution is 2.39. The molecule has 2 aliphatic carbocycles. The molecule has 0 unspecified atom stereocenters. The van der Waals surface area contributed by atoms with Crippen LogP contribution in [0.25, 0.3) is 0 Å². The van der Waals surface area contributed by atoms with Gasteiger partial charge in [0.1, 0.15) is 17.4 Å². The first-order chi connectivity index (χ1) is 16.2. The van der Waals surface area contributed by atoms with Crippen molar-refractivity contribution in [3.8, 4) is 5.75 Å². The second kappa shape index (κ2) is 10.7. The Bertz CT molecular complexity index is 957. The molecule has 2 aliphatic rings. The van der Waals surface area contributed by atoms with Crippen LogP contribution < -0.4 is 4.74 Å². The number of rotatable bonds is 7. The van der Waals surface area contributed by atoms with Gasteiger partial charge in [0.25, 0.3) is 0 Å². The molecule has 0 saturated heterocycles. The van der Waals surface area contributed by atoms with Crippen LogP contribution in [0.15, 0.2) is 36.4 Å². The van der Waals surface area contributed by atoms with Crippen molar-refractivity contribution in [1.82, 2.24) is 0 Å². The second-order valence-corrected chi connectivity index (χ2v) is 10.7. The summed E-state index contributed by atoms with van der Waals surface area (Å²) in [6.07, 6.45) is 6.37. The third-order valence-electron chi connectivity index (χ3n) is 8.02. The molecule has 2 saturated carbocycles. The van der Waals surface area contributed by atoms with Crippen molar-refractivity contribution in [2.24, 2.45) is 17.8 Å². The van der Waals surface area contributed by atoms with E-state index in [1.165, 1.54) is 43.9 Å². The first kappa shape index (κ1) is 25.1. The molecular weight excluding hydrogens is 440 g/mol. The highest BCUT2D eigenvalue weighted by atomic mass is 19.3. The summed E-state index contributed by atoms with van der Waals surface area (Å²) in [6.45, 7) is 4.46. The lowest BCUT2D eigenvalue weighted by Crippen LogP contribution is -2.24. The molecule has 0 amide bonds. The molecule has 0 aliphatic heterocycles. The Labute approximate surface area is 200 Å². The molecule has 1 nitrogen and oxygen atoms in total. The van der Waals surface area contributed by atoms with Gasteiger partial charge in [0, 0.05) is 6.07 Å². The molecule has 2 fully saturated rings. The Balaban J connectivity index is 1.39. The third-order valence-corrected chi connectivity index (χ3v) is 8.02. The Morgan fingerprint density at radius 2 is 1.44 bits per heavy atom. The smallest absolute Gasteiger partial charge is 0.429 e. The van der Waals surface area contributed by atoms with Gasteiger partial charge in [0.15, 0.2) is 0 Å². The van der Waals surface area contributed by atoms with Crippen LogP contribution in [0.1, 0.15) is 94.2 Å². The van der Waals surface area contributed by atoms with Crippen molar-refractivity contribution in [3.05, 3.63) is 64.7 Å². The fourth-order valence-electron chi connectivity index (χ4n) is 5.59. The van der Waals surface area contributed by atoms with Crippen molar-refractivity contribution in [1.29, 1.82) is 0 Å². The van der Waals surface area contributed by atoms with E-state index in [-0.39, 0.29) is 11.7 Å². The van der Waals surface area contributed by atoms with E-state index in [4.69, 9.17) is 4.74 Å². The predicted molar refractivity (Wildman–Crippen MR) is 127 cm³/mol. The Morgan fingerprint density at radius 1 is 0.794 bits per heavy atom. The quantitative estimate of drug-likeness (QED) is 0.362. The van der Waals surface area contributed by atoms with Gasteiger partial charge in [-0.25, -0.2) is 8.78 Å². The van der Waals surface area contributed by atoms with Crippen LogP contribution in [0.3, 0.4) is 0 Å². The highest BCUT2D eigenvalue weighted by molar-refractivity contribution is 5.33. The molecule has 0 atom stereocenters. The second-order valence-electron chi connectivity index (χ2n) is 10.7. The zero-order valence-electron chi connectivity index (χ0n) is 20.3. The summed E-state index contributed by atoms with van der Waals surface area (Å²) in [5.41, 5.74) is 0.440. The van der Waals surface area contributed by atoms with E-state index >= 15 is 0 Å². The van der Waals surface area contributed by atoms with Crippen LogP contribution in [-0.2, 0) is 12.5 Å². The van der Waals surface area contributed by atoms with Crippen LogP contribution in [0.2, 0.25) is 0 Å². The largest absolute Gasteiger partial charge is 0.429 e. The number of ether oxygens (including phenoxy) is 1. The topological polar surface area (TPSA) is 9.23 Å². The van der Waals surface area contributed by atoms with E-state index in [9.17, 15) is 17.6 Å². The maximum Gasteiger partial charge on any atom is 0.429 e. The first-order valence-corrected chi connectivity index (χ1v) is 12.9. The van der Waals surface area contributed by atoms with Gasteiger partial charge in [-0.3, -0.25) is 0 Å². The van der Waals surface area contributed by atoms with Crippen LogP contribution in [0.5, 0.6) is 5.75 Å². The SMILES string of the molecule is CC1CCC(CCc2ccc(OC(F)(F)c3ccc(C4CCC(C)CC4)cc3F)cc2F)CC1. The zero-order chi connectivity index (χ0) is 24.3. The van der Waals surface area contributed by atoms with E-state index in [0.29, 0.717) is 23.8 Å². The average Bonchev–Trinajstić information content (AvgIpc) is 2.79. The minimum atomic E-state index is -3.89. The predicted octanol–water partition coefficient (Wildman–Crippen LogP) is 9.15. The lowest BCUT2D eigenvalue weighted by Gasteiger charge is -2.27. The van der Waals surface area contributed by atoms with Gasteiger partial charge in [-0.1, -0.05) is 64.5 Å². The summed E-state index contributed by atoms with van der Waals surface area (Å²) < 4.78 is 63.7. The van der Waals surface area contributed by atoms with E-state index in [2.05, 4.69) is 13.8 Å². The fraction of sp³-hybridized carbons (Fsp3) is 0.586. The van der Waals surface area contributed by atoms with Crippen molar-refractivity contribution >= 4 is 0 Å². The summed E-state index contributed by atoms with van der Waals surface area (Å²) >= 11 is 0. The summed E-state index contributed by atoms with van der Waals surface area (Å²) in [7, 11) is 0. The molecule has 5 heteroatoms. The summed E-state index contributed by atoms with van der Waals surface area (Å²) in [4.78, 5) is 0. The molecule has 186 valence electrons. The van der Waals surface area contributed by atoms with E-state index < -0.39 is 23.3 Å². The first-order valence-electron chi connectivity index (χ1n) is 12.9. The van der Waals surface area contributed by atoms with Crippen molar-refractivity contribution < 1.29 is 22.3 Å². The van der Waals surface area contributed by atoms with Gasteiger partial charge in [-0.2, -0.15) is 8.78 Å². The minimum Gasteiger partial charge on any atom is -0.429 e. The van der Waals surface area contributed by atoms with Gasteiger partial charge in [-0.05, 0) is 78.7 Å². The van der Waals surface area contributed by atoms with E-state index in [1.54, 1.807) is 6.07 Å². The molecule has 34 heavy (non-hydrogen) atoms. The summed E-state index contributed by atoms with van der Waals surface area (Å²) in [6, 6.07) is 7.75. The number of hydrogen-bond acceptors (Lipinski definition) is 1. The molecular formula is C29H36F4O. The van der Waals surface area contributed by atoms with Crippen LogP contribution in [-0.4, -0.2) is 0 Å². The number of halogens is 4. The number of alkyl halides is 2. The number of benzene rings is 2. The molecule has 4 rings (SSSR count). The fourth-order valence-corrected chi connectivity index (χ4v) is 5.59. The molecule has 2 aromatic carbocycles. The molecule has 0 spiro atoms. The highest BCUT2D eigenvalue weighted by Gasteiger charge is 2.38. The normalized spacial score (nSPS) is 25.8. The summed E-state index contributed by atoms with van der Waals surface area (Å²) in [5.74, 6) is 0.373. The lowest BCUT2D eigenvalue weighted by molar-refractivity contribution is -0.187. The van der Waals surface area contributed by atoms with Gasteiger partial charge >= 0.3 is 6.11 Å². The molecule has 0 heterocycles. The van der Waals surface area contributed by atoms with Gasteiger partial charge in [-0.15, -0.1) is 0 Å². The minimum absolute atomic E-state index is 0.202. The van der Waals surface area contributed by atoms with E-state index in [0.717, 1.165) is 55.7 Å². The van der Waals surface area contributed by atoms with Crippen LogP contribution in [0, 0.1) is 29.4 Å². The van der Waals surface area contributed by atoms with Crippen LogP contribution in [0.4, 0.5) is 17.6 Å². The maximum atomic E-state index is 14.8. The Morgan fingerprint density at radius 3 is 2.06 bits per heavy atom. The Hall–Kier alpha value is -2.04. The van der Waals surface area contributed by atoms with Gasteiger partial charge < -0.3 is 4.74 Å². The third kappa shape index (κ3) is 6.14. The molecule has 2 aromatic rings. The number of aryl methyl sites for hydroxylation is 1. The zero-order valence-corrected chi connectivity index (χ0v) is 20.3. The van der Waals surface area contributed by atoms with Crippen molar-refractivity contribution in [2.75, 3.05) is 0 Å². The molecule has 0 bridgehead atoms. The maximum absolute atomic E-state index is 14.8. The van der Waals surface area contributed by atoms with Gasteiger partial charge in [0.05, 0.1) is 5.56 Å². The van der Waals surface area contributed by atoms with Crippen molar-refractivity contribution in [3.63, 3.8) is 0 Å². The van der Waals surface area contributed by atoms with Crippen molar-refractivity contribution in [2.45, 2.75) is 90.1 Å². The standard InChI is InChI=1S/C29H36F4O/c1-19-3-7-21(8-4-19)9-12-23-13-15-25(18-27(23)30)34-29(32,33)26-16-14-24(17-28(26)31)22-10-5-20(2)6-11-22/h13-22H,3-12H2,1-2H3. The van der Waals surface area contributed by atoms with Gasteiger partial charge in [0.2, 0.25) is 0 Å². The molecule has 0 N–H and O–H groups in total. The number of hydrogen-bond donors (Lipinski definition) is 0. The Kier molecular flexibility index (Phi) is 7.89. The van der Waals surface area contributed by atoms with Crippen LogP contribution >= 0.6 is 0 Å².